The molecule has 19 heavy (non-hydrogen) atoms. The van der Waals surface area contributed by atoms with E-state index in [-0.39, 0.29) is 10.8 Å². The molecule has 1 rings (SSSR count). The molecule has 0 fully saturated rings. The van der Waals surface area contributed by atoms with Gasteiger partial charge in [-0.25, -0.2) is 8.42 Å². The first-order chi connectivity index (χ1) is 8.77. The van der Waals surface area contributed by atoms with E-state index >= 15 is 0 Å². The van der Waals surface area contributed by atoms with E-state index in [0.717, 1.165) is 18.4 Å². The quantitative estimate of drug-likeness (QED) is 0.672. The summed E-state index contributed by atoms with van der Waals surface area (Å²) in [4.78, 5) is 12.0. The molecule has 0 aliphatic carbocycles. The third kappa shape index (κ3) is 4.21. The number of carbonyl (C=O) groups is 1. The maximum absolute atomic E-state index is 12.0. The van der Waals surface area contributed by atoms with Gasteiger partial charge in [0, 0.05) is 22.8 Å². The molecule has 0 unspecified atom stereocenters. The van der Waals surface area contributed by atoms with Gasteiger partial charge in [-0.1, -0.05) is 19.4 Å². The molecule has 1 amide bonds. The second kappa shape index (κ2) is 6.39. The molecule has 0 aromatic heterocycles. The standard InChI is InChI=1S/C13H18ClNO3S/c1-4-5-6-15-13(16)11-8-12(19(14,17)18)10(3)7-9(11)2/h7-8H,4-6H2,1-3H3,(H,15,16). The van der Waals surface area contributed by atoms with Crippen molar-refractivity contribution in [2.24, 2.45) is 0 Å². The van der Waals surface area contributed by atoms with Gasteiger partial charge in [-0.2, -0.15) is 0 Å². The third-order valence-corrected chi connectivity index (χ3v) is 4.31. The van der Waals surface area contributed by atoms with Gasteiger partial charge in [0.05, 0.1) is 4.90 Å². The van der Waals surface area contributed by atoms with E-state index in [1.165, 1.54) is 6.07 Å². The highest BCUT2D eigenvalue weighted by atomic mass is 35.7. The lowest BCUT2D eigenvalue weighted by Gasteiger charge is -2.10. The summed E-state index contributed by atoms with van der Waals surface area (Å²) in [5.41, 5.74) is 1.62. The van der Waals surface area contributed by atoms with E-state index in [0.29, 0.717) is 17.7 Å². The van der Waals surface area contributed by atoms with Crippen molar-refractivity contribution in [3.8, 4) is 0 Å². The second-order valence-electron chi connectivity index (χ2n) is 4.48. The van der Waals surface area contributed by atoms with Crippen molar-refractivity contribution in [3.63, 3.8) is 0 Å². The van der Waals surface area contributed by atoms with E-state index in [1.807, 2.05) is 6.92 Å². The molecule has 0 aliphatic heterocycles. The molecule has 4 nitrogen and oxygen atoms in total. The lowest BCUT2D eigenvalue weighted by molar-refractivity contribution is 0.0952. The number of unbranched alkanes of at least 4 members (excludes halogenated alkanes) is 1. The van der Waals surface area contributed by atoms with Crippen LogP contribution < -0.4 is 5.32 Å². The van der Waals surface area contributed by atoms with Crippen LogP contribution in [0.4, 0.5) is 0 Å². The highest BCUT2D eigenvalue weighted by molar-refractivity contribution is 8.13. The van der Waals surface area contributed by atoms with Crippen molar-refractivity contribution < 1.29 is 13.2 Å². The minimum Gasteiger partial charge on any atom is -0.352 e. The van der Waals surface area contributed by atoms with E-state index in [1.54, 1.807) is 19.9 Å². The maximum Gasteiger partial charge on any atom is 0.261 e. The van der Waals surface area contributed by atoms with Crippen molar-refractivity contribution in [2.75, 3.05) is 6.54 Å². The summed E-state index contributed by atoms with van der Waals surface area (Å²) in [5, 5.41) is 2.76. The highest BCUT2D eigenvalue weighted by Gasteiger charge is 2.18. The average Bonchev–Trinajstić information content (AvgIpc) is 2.27. The van der Waals surface area contributed by atoms with Gasteiger partial charge in [0.1, 0.15) is 0 Å². The van der Waals surface area contributed by atoms with Crippen molar-refractivity contribution >= 4 is 25.6 Å². The molecule has 0 saturated heterocycles. The number of hydrogen-bond donors (Lipinski definition) is 1. The Labute approximate surface area is 118 Å². The van der Waals surface area contributed by atoms with Crippen LogP contribution in [-0.2, 0) is 9.05 Å². The Hall–Kier alpha value is -1.07. The first-order valence-corrected chi connectivity index (χ1v) is 8.42. The van der Waals surface area contributed by atoms with Gasteiger partial charge in [-0.05, 0) is 37.5 Å². The second-order valence-corrected chi connectivity index (χ2v) is 7.01. The minimum absolute atomic E-state index is 0.0135. The monoisotopic (exact) mass is 303 g/mol. The Bertz CT molecular complexity index is 582. The molecule has 1 aromatic rings. The van der Waals surface area contributed by atoms with Gasteiger partial charge in [0.15, 0.2) is 0 Å². The van der Waals surface area contributed by atoms with Crippen molar-refractivity contribution in [2.45, 2.75) is 38.5 Å². The summed E-state index contributed by atoms with van der Waals surface area (Å²) in [7, 11) is 1.52. The molecule has 0 aliphatic rings. The molecule has 1 aromatic carbocycles. The zero-order valence-electron chi connectivity index (χ0n) is 11.3. The van der Waals surface area contributed by atoms with Crippen LogP contribution in [0, 0.1) is 13.8 Å². The van der Waals surface area contributed by atoms with Gasteiger partial charge in [0.25, 0.3) is 15.0 Å². The smallest absolute Gasteiger partial charge is 0.261 e. The molecule has 0 atom stereocenters. The first kappa shape index (κ1) is 16.0. The molecule has 0 radical (unpaired) electrons. The Morgan fingerprint density at radius 2 is 1.89 bits per heavy atom. The zero-order valence-corrected chi connectivity index (χ0v) is 12.9. The van der Waals surface area contributed by atoms with Crippen LogP contribution >= 0.6 is 10.7 Å². The number of carbonyl (C=O) groups excluding carboxylic acids is 1. The SMILES string of the molecule is CCCCNC(=O)c1cc(S(=O)(=O)Cl)c(C)cc1C. The van der Waals surface area contributed by atoms with Gasteiger partial charge in [-0.15, -0.1) is 0 Å². The highest BCUT2D eigenvalue weighted by Crippen LogP contribution is 2.23. The minimum atomic E-state index is -3.84. The van der Waals surface area contributed by atoms with E-state index in [9.17, 15) is 13.2 Å². The van der Waals surface area contributed by atoms with Gasteiger partial charge >= 0.3 is 0 Å². The lowest BCUT2D eigenvalue weighted by Crippen LogP contribution is -2.25. The fraction of sp³-hybridized carbons (Fsp3) is 0.462. The molecule has 0 saturated carbocycles. The first-order valence-electron chi connectivity index (χ1n) is 6.11. The summed E-state index contributed by atoms with van der Waals surface area (Å²) >= 11 is 0. The summed E-state index contributed by atoms with van der Waals surface area (Å²) in [6.45, 7) is 6.03. The molecule has 6 heteroatoms. The van der Waals surface area contributed by atoms with Crippen LogP contribution in [0.15, 0.2) is 17.0 Å². The van der Waals surface area contributed by atoms with Crippen LogP contribution in [0.25, 0.3) is 0 Å². The lowest BCUT2D eigenvalue weighted by atomic mass is 10.0. The van der Waals surface area contributed by atoms with Crippen LogP contribution in [0.3, 0.4) is 0 Å². The number of benzene rings is 1. The number of aryl methyl sites for hydroxylation is 2. The van der Waals surface area contributed by atoms with E-state index in [4.69, 9.17) is 10.7 Å². The Balaban J connectivity index is 3.11. The zero-order chi connectivity index (χ0) is 14.6. The maximum atomic E-state index is 12.0. The van der Waals surface area contributed by atoms with E-state index in [2.05, 4.69) is 5.32 Å². The van der Waals surface area contributed by atoms with Crippen molar-refractivity contribution in [1.29, 1.82) is 0 Å². The fourth-order valence-corrected chi connectivity index (χ4v) is 3.01. The predicted octanol–water partition coefficient (Wildman–Crippen LogP) is 2.76. The van der Waals surface area contributed by atoms with Crippen LogP contribution in [0.1, 0.15) is 41.3 Å². The normalized spacial score (nSPS) is 11.4. The topological polar surface area (TPSA) is 63.2 Å². The summed E-state index contributed by atoms with van der Waals surface area (Å²) < 4.78 is 22.9. The number of amides is 1. The molecule has 0 heterocycles. The molecular weight excluding hydrogens is 286 g/mol. The largest absolute Gasteiger partial charge is 0.352 e. The van der Waals surface area contributed by atoms with Crippen molar-refractivity contribution in [1.82, 2.24) is 5.32 Å². The van der Waals surface area contributed by atoms with Crippen molar-refractivity contribution in [3.05, 3.63) is 28.8 Å². The summed E-state index contributed by atoms with van der Waals surface area (Å²) in [5.74, 6) is -0.271. The number of halogens is 1. The van der Waals surface area contributed by atoms with Gasteiger partial charge < -0.3 is 5.32 Å². The Morgan fingerprint density at radius 3 is 2.42 bits per heavy atom. The van der Waals surface area contributed by atoms with E-state index < -0.39 is 9.05 Å². The third-order valence-electron chi connectivity index (χ3n) is 2.85. The number of rotatable bonds is 5. The fourth-order valence-electron chi connectivity index (χ4n) is 1.81. The van der Waals surface area contributed by atoms with Crippen LogP contribution in [-0.4, -0.2) is 20.9 Å². The molecule has 1 N–H and O–H groups in total. The predicted molar refractivity (Wildman–Crippen MR) is 76.2 cm³/mol. The van der Waals surface area contributed by atoms with Gasteiger partial charge in [-0.3, -0.25) is 4.79 Å². The average molecular weight is 304 g/mol. The van der Waals surface area contributed by atoms with Crippen LogP contribution in [0.2, 0.25) is 0 Å². The number of nitrogens with one attached hydrogen (secondary N) is 1. The Kier molecular flexibility index (Phi) is 5.38. The molecular formula is C13H18ClNO3S. The molecule has 106 valence electrons. The molecule has 0 bridgehead atoms. The van der Waals surface area contributed by atoms with Crippen LogP contribution in [0.5, 0.6) is 0 Å². The summed E-state index contributed by atoms with van der Waals surface area (Å²) in [6.07, 6.45) is 1.87. The number of hydrogen-bond acceptors (Lipinski definition) is 3. The Morgan fingerprint density at radius 1 is 1.26 bits per heavy atom. The summed E-state index contributed by atoms with van der Waals surface area (Å²) in [6, 6.07) is 3.00. The van der Waals surface area contributed by atoms with Gasteiger partial charge in [0.2, 0.25) is 0 Å². The molecule has 0 spiro atoms.